The van der Waals surface area contributed by atoms with Gasteiger partial charge in [0.2, 0.25) is 10.0 Å². The molecular weight excluding hydrogens is 298 g/mol. The Bertz CT molecular complexity index is 681. The van der Waals surface area contributed by atoms with Crippen LogP contribution in [-0.2, 0) is 15.8 Å². The molecule has 1 aromatic rings. The van der Waals surface area contributed by atoms with E-state index in [1.54, 1.807) is 28.6 Å². The van der Waals surface area contributed by atoms with Crippen molar-refractivity contribution in [3.63, 3.8) is 0 Å². The van der Waals surface area contributed by atoms with Gasteiger partial charge in [0.25, 0.3) is 0 Å². The average Bonchev–Trinajstić information content (AvgIpc) is 2.83. The summed E-state index contributed by atoms with van der Waals surface area (Å²) in [6.45, 7) is 3.32. The van der Waals surface area contributed by atoms with Crippen molar-refractivity contribution in [2.45, 2.75) is 31.1 Å². The summed E-state index contributed by atoms with van der Waals surface area (Å²) in [7, 11) is -3.33. The van der Waals surface area contributed by atoms with E-state index in [0.29, 0.717) is 30.3 Å². The summed E-state index contributed by atoms with van der Waals surface area (Å²) < 4.78 is 27.1. The van der Waals surface area contributed by atoms with Gasteiger partial charge in [-0.1, -0.05) is 12.1 Å². The van der Waals surface area contributed by atoms with Crippen LogP contribution in [0.4, 0.5) is 0 Å². The normalized spacial score (nSPS) is 23.7. The number of benzene rings is 1. The van der Waals surface area contributed by atoms with E-state index in [1.165, 1.54) is 6.42 Å². The van der Waals surface area contributed by atoms with Crippen molar-refractivity contribution in [1.82, 2.24) is 9.21 Å². The third-order valence-electron chi connectivity index (χ3n) is 4.56. The van der Waals surface area contributed by atoms with Crippen molar-refractivity contribution in [3.05, 3.63) is 35.4 Å². The van der Waals surface area contributed by atoms with Gasteiger partial charge in [-0.25, -0.2) is 12.7 Å². The van der Waals surface area contributed by atoms with Crippen LogP contribution in [0.25, 0.3) is 0 Å². The van der Waals surface area contributed by atoms with Crippen molar-refractivity contribution in [3.8, 4) is 6.07 Å². The number of nitrogens with zero attached hydrogens (tertiary/aromatic N) is 3. The predicted molar refractivity (Wildman–Crippen MR) is 84.6 cm³/mol. The topological polar surface area (TPSA) is 64.4 Å². The van der Waals surface area contributed by atoms with E-state index >= 15 is 0 Å². The number of hydrogen-bond donors (Lipinski definition) is 0. The molecule has 118 valence electrons. The second kappa shape index (κ2) is 6.37. The van der Waals surface area contributed by atoms with E-state index in [0.717, 1.165) is 25.9 Å². The third kappa shape index (κ3) is 3.32. The van der Waals surface area contributed by atoms with E-state index in [2.05, 4.69) is 11.0 Å². The van der Waals surface area contributed by atoms with Gasteiger partial charge < -0.3 is 0 Å². The van der Waals surface area contributed by atoms with Crippen molar-refractivity contribution < 1.29 is 8.42 Å². The summed E-state index contributed by atoms with van der Waals surface area (Å²) in [4.78, 5) is 2.42. The van der Waals surface area contributed by atoms with Crippen LogP contribution in [0.3, 0.4) is 0 Å². The molecule has 6 heteroatoms. The lowest BCUT2D eigenvalue weighted by Gasteiger charge is -2.25. The molecule has 2 saturated heterocycles. The second-order valence-corrected chi connectivity index (χ2v) is 8.08. The van der Waals surface area contributed by atoms with Gasteiger partial charge in [0.05, 0.1) is 17.4 Å². The largest absolute Gasteiger partial charge is 0.299 e. The Balaban J connectivity index is 1.75. The molecule has 2 fully saturated rings. The molecule has 0 N–H and O–H groups in total. The predicted octanol–water partition coefficient (Wildman–Crippen LogP) is 1.56. The molecule has 1 atom stereocenters. The van der Waals surface area contributed by atoms with Crippen LogP contribution in [0.2, 0.25) is 0 Å². The molecule has 0 radical (unpaired) electrons. The molecule has 0 aliphatic carbocycles. The molecule has 0 amide bonds. The molecule has 0 spiro atoms. The van der Waals surface area contributed by atoms with Gasteiger partial charge in [-0.2, -0.15) is 5.26 Å². The minimum absolute atomic E-state index is 0.0186. The first-order valence-corrected chi connectivity index (χ1v) is 9.40. The smallest absolute Gasteiger partial charge is 0.218 e. The molecule has 0 saturated carbocycles. The minimum atomic E-state index is -3.33. The second-order valence-electron chi connectivity index (χ2n) is 6.11. The highest BCUT2D eigenvalue weighted by Crippen LogP contribution is 2.24. The molecule has 1 aromatic carbocycles. The quantitative estimate of drug-likeness (QED) is 0.848. The van der Waals surface area contributed by atoms with Gasteiger partial charge in [0.15, 0.2) is 0 Å². The fourth-order valence-electron chi connectivity index (χ4n) is 3.46. The zero-order valence-electron chi connectivity index (χ0n) is 12.6. The number of sulfonamides is 1. The van der Waals surface area contributed by atoms with Crippen LogP contribution < -0.4 is 0 Å². The molecular formula is C16H21N3O2S. The van der Waals surface area contributed by atoms with Gasteiger partial charge in [0, 0.05) is 19.1 Å². The average molecular weight is 319 g/mol. The van der Waals surface area contributed by atoms with E-state index in [1.807, 2.05) is 0 Å². The summed E-state index contributed by atoms with van der Waals surface area (Å²) in [6.07, 6.45) is 3.16. The van der Waals surface area contributed by atoms with Crippen LogP contribution in [0, 0.1) is 11.3 Å². The fraction of sp³-hybridized carbons (Fsp3) is 0.562. The monoisotopic (exact) mass is 319 g/mol. The van der Waals surface area contributed by atoms with Gasteiger partial charge in [-0.15, -0.1) is 0 Å². The van der Waals surface area contributed by atoms with Crippen molar-refractivity contribution in [1.29, 1.82) is 5.26 Å². The first-order valence-electron chi connectivity index (χ1n) is 7.79. The van der Waals surface area contributed by atoms with Gasteiger partial charge in [0.1, 0.15) is 0 Å². The van der Waals surface area contributed by atoms with Crippen LogP contribution in [0.1, 0.15) is 30.4 Å². The highest BCUT2D eigenvalue weighted by molar-refractivity contribution is 7.88. The maximum Gasteiger partial charge on any atom is 0.218 e. The Hall–Kier alpha value is -1.42. The summed E-state index contributed by atoms with van der Waals surface area (Å²) in [5.41, 5.74) is 1.19. The van der Waals surface area contributed by atoms with Crippen molar-refractivity contribution in [2.24, 2.45) is 0 Å². The molecule has 5 nitrogen and oxygen atoms in total. The lowest BCUT2D eigenvalue weighted by atomic mass is 10.2. The van der Waals surface area contributed by atoms with E-state index < -0.39 is 10.0 Å². The maximum atomic E-state index is 12.7. The number of hydrogen-bond acceptors (Lipinski definition) is 4. The highest BCUT2D eigenvalue weighted by Gasteiger charge is 2.33. The van der Waals surface area contributed by atoms with Crippen LogP contribution >= 0.6 is 0 Å². The Labute approximate surface area is 132 Å². The van der Waals surface area contributed by atoms with Gasteiger partial charge in [-0.3, -0.25) is 4.90 Å². The number of rotatable bonds is 3. The molecule has 2 aliphatic rings. The first-order chi connectivity index (χ1) is 10.6. The maximum absolute atomic E-state index is 12.7. The van der Waals surface area contributed by atoms with Crippen molar-refractivity contribution in [2.75, 3.05) is 26.2 Å². The summed E-state index contributed by atoms with van der Waals surface area (Å²) in [5.74, 6) is -0.0186. The van der Waals surface area contributed by atoms with Crippen LogP contribution in [-0.4, -0.2) is 49.8 Å². The third-order valence-corrected chi connectivity index (χ3v) is 6.38. The van der Waals surface area contributed by atoms with E-state index in [4.69, 9.17) is 5.26 Å². The number of fused-ring (bicyclic) bond motifs is 1. The Morgan fingerprint density at radius 3 is 2.86 bits per heavy atom. The van der Waals surface area contributed by atoms with E-state index in [-0.39, 0.29) is 5.75 Å². The van der Waals surface area contributed by atoms with Crippen molar-refractivity contribution >= 4 is 10.0 Å². The summed E-state index contributed by atoms with van der Waals surface area (Å²) in [5, 5.41) is 8.93. The fourth-order valence-corrected chi connectivity index (χ4v) is 5.05. The molecule has 0 bridgehead atoms. The Morgan fingerprint density at radius 2 is 2.05 bits per heavy atom. The van der Waals surface area contributed by atoms with E-state index in [9.17, 15) is 8.42 Å². The van der Waals surface area contributed by atoms with Gasteiger partial charge in [-0.05, 0) is 50.0 Å². The van der Waals surface area contributed by atoms with Crippen LogP contribution in [0.15, 0.2) is 24.3 Å². The zero-order valence-corrected chi connectivity index (χ0v) is 13.4. The molecule has 3 rings (SSSR count). The SMILES string of the molecule is N#Cc1cccc(CS(=O)(=O)N2CCCN3CCC[C@H]3C2)c1. The standard InChI is InChI=1S/C16H21N3O2S/c17-11-14-4-1-5-15(10-14)13-22(20,21)19-9-3-8-18-7-2-6-16(18)12-19/h1,4-5,10,16H,2-3,6-9,12-13H2/t16-/m0/s1. The lowest BCUT2D eigenvalue weighted by Crippen LogP contribution is -2.40. The molecule has 0 aromatic heterocycles. The minimum Gasteiger partial charge on any atom is -0.299 e. The van der Waals surface area contributed by atoms with Crippen LogP contribution in [0.5, 0.6) is 0 Å². The first kappa shape index (κ1) is 15.5. The summed E-state index contributed by atoms with van der Waals surface area (Å²) in [6, 6.07) is 9.31. The Morgan fingerprint density at radius 1 is 1.23 bits per heavy atom. The Kier molecular flexibility index (Phi) is 4.48. The van der Waals surface area contributed by atoms with Gasteiger partial charge >= 0.3 is 0 Å². The molecule has 22 heavy (non-hydrogen) atoms. The lowest BCUT2D eigenvalue weighted by molar-refractivity contribution is 0.257. The zero-order chi connectivity index (χ0) is 15.6. The molecule has 2 heterocycles. The number of nitriles is 1. The molecule has 0 unspecified atom stereocenters. The highest BCUT2D eigenvalue weighted by atomic mass is 32.2. The summed E-state index contributed by atoms with van der Waals surface area (Å²) >= 11 is 0. The molecule has 2 aliphatic heterocycles.